The van der Waals surface area contributed by atoms with Gasteiger partial charge in [0.1, 0.15) is 92.0 Å². The zero-order valence-corrected chi connectivity index (χ0v) is 76.2. The molecule has 1 N–H and O–H groups in total. The van der Waals surface area contributed by atoms with Crippen molar-refractivity contribution in [3.8, 4) is 80.1 Å². The number of ether oxygens (including phenoxy) is 17. The van der Waals surface area contributed by atoms with Crippen LogP contribution in [-0.4, -0.2) is 66.3 Å². The molecular formula is C118H98O22. The summed E-state index contributed by atoms with van der Waals surface area (Å²) in [5.41, 5.74) is 7.16. The number of esters is 4. The molecule has 0 spiro atoms. The second-order valence-electron chi connectivity index (χ2n) is 33.1. The van der Waals surface area contributed by atoms with Gasteiger partial charge >= 0.3 is 23.9 Å². The summed E-state index contributed by atoms with van der Waals surface area (Å²) >= 11 is 0. The summed E-state index contributed by atoms with van der Waals surface area (Å²) < 4.78 is 117. The van der Waals surface area contributed by atoms with Crippen molar-refractivity contribution in [2.75, 3.05) is 6.61 Å². The maximum Gasteiger partial charge on any atom is 0.339 e. The summed E-state index contributed by atoms with van der Waals surface area (Å²) in [6.07, 6.45) is -10.8. The van der Waals surface area contributed by atoms with Gasteiger partial charge in [0.25, 0.3) is 0 Å². The van der Waals surface area contributed by atoms with Crippen LogP contribution >= 0.6 is 0 Å². The van der Waals surface area contributed by atoms with Crippen LogP contribution in [0.15, 0.2) is 400 Å². The monoisotopic (exact) mass is 1870 g/mol. The number of hydrogen-bond donors (Lipinski definition) is 1. The van der Waals surface area contributed by atoms with Gasteiger partial charge in [-0.3, -0.25) is 0 Å². The molecule has 0 amide bonds. The van der Waals surface area contributed by atoms with Crippen LogP contribution in [0.1, 0.15) is 108 Å². The highest BCUT2D eigenvalue weighted by molar-refractivity contribution is 6.09. The zero-order valence-electron chi connectivity index (χ0n) is 76.2. The van der Waals surface area contributed by atoms with E-state index in [4.69, 9.17) is 80.5 Å². The SMILES string of the molecule is O=C(O[C@@H]1[C@@H](OC(=O)c2cc(OCc3ccccc3)c(OCc3ccccc3)c(OCc3ccccc3)c2)[C@H](O)O[C@@H]2COC(=O)c3cc(OCc4ccccc4)c(OCc4ccccc4)c(OCc4ccccc4)c3-c3c(cc(OCc4ccccc4)c(OCc4ccccc4)c3OCc3ccccc3)C(=O)O[C@@H]12)c1cc(OCc2ccccc2)c(OCc2ccccc2)c(OCc2ccccc2)c1. The molecule has 18 rings (SSSR count). The minimum Gasteiger partial charge on any atom is -0.485 e. The third kappa shape index (κ3) is 24.2. The van der Waals surface area contributed by atoms with Gasteiger partial charge in [-0.1, -0.05) is 364 Å². The summed E-state index contributed by atoms with van der Waals surface area (Å²) in [5.74, 6) is -5.01. The zero-order chi connectivity index (χ0) is 95.4. The van der Waals surface area contributed by atoms with Crippen LogP contribution in [-0.2, 0) is 103 Å². The molecule has 16 aromatic carbocycles. The fourth-order valence-corrected chi connectivity index (χ4v) is 15.9. The first-order chi connectivity index (χ1) is 69.0. The number of carbonyl (C=O) groups is 4. The van der Waals surface area contributed by atoms with Crippen molar-refractivity contribution < 1.29 is 105 Å². The van der Waals surface area contributed by atoms with E-state index in [9.17, 15) is 5.11 Å². The van der Waals surface area contributed by atoms with Crippen LogP contribution in [0.5, 0.6) is 69.0 Å². The molecular weight excluding hydrogens is 1770 g/mol. The van der Waals surface area contributed by atoms with Crippen molar-refractivity contribution in [2.45, 2.75) is 110 Å². The molecule has 1 fully saturated rings. The molecule has 1 saturated heterocycles. The Kier molecular flexibility index (Phi) is 31.0. The molecule has 0 aromatic heterocycles. The smallest absolute Gasteiger partial charge is 0.339 e. The first-order valence-corrected chi connectivity index (χ1v) is 45.9. The summed E-state index contributed by atoms with van der Waals surface area (Å²) in [6, 6.07) is 121. The van der Waals surface area contributed by atoms with Crippen LogP contribution in [0.2, 0.25) is 0 Å². The van der Waals surface area contributed by atoms with Gasteiger partial charge in [0.05, 0.1) is 22.3 Å². The van der Waals surface area contributed by atoms with Crippen molar-refractivity contribution in [2.24, 2.45) is 0 Å². The average Bonchev–Trinajstić information content (AvgIpc) is 1.09. The normalized spacial score (nSPS) is 14.7. The van der Waals surface area contributed by atoms with E-state index in [0.29, 0.717) is 22.3 Å². The van der Waals surface area contributed by atoms with Crippen molar-refractivity contribution >= 4 is 23.9 Å². The Morgan fingerprint density at radius 2 is 0.457 bits per heavy atom. The molecule has 2 heterocycles. The Bertz CT molecular complexity index is 6650. The highest BCUT2D eigenvalue weighted by Gasteiger charge is 2.54. The predicted molar refractivity (Wildman–Crippen MR) is 523 cm³/mol. The first-order valence-electron chi connectivity index (χ1n) is 45.9. The first kappa shape index (κ1) is 93.3. The van der Waals surface area contributed by atoms with E-state index in [2.05, 4.69) is 0 Å². The molecule has 0 aliphatic carbocycles. The van der Waals surface area contributed by atoms with Gasteiger partial charge in [0, 0.05) is 11.1 Å². The van der Waals surface area contributed by atoms with Crippen molar-refractivity contribution in [3.63, 3.8) is 0 Å². The number of aliphatic hydroxyl groups excluding tert-OH is 1. The van der Waals surface area contributed by atoms with Gasteiger partial charge in [-0.05, 0) is 103 Å². The van der Waals surface area contributed by atoms with Gasteiger partial charge in [0.15, 0.2) is 70.6 Å². The predicted octanol–water partition coefficient (Wildman–Crippen LogP) is 23.2. The Balaban J connectivity index is 0.849. The molecule has 0 saturated carbocycles. The van der Waals surface area contributed by atoms with Crippen LogP contribution in [0.4, 0.5) is 0 Å². The molecule has 22 heteroatoms. The molecule has 16 aromatic rings. The van der Waals surface area contributed by atoms with E-state index in [-0.39, 0.29) is 176 Å². The number of carbonyl (C=O) groups excluding carboxylic acids is 4. The van der Waals surface area contributed by atoms with Crippen molar-refractivity contribution in [1.29, 1.82) is 0 Å². The van der Waals surface area contributed by atoms with E-state index >= 15 is 19.2 Å². The Morgan fingerprint density at radius 3 is 0.707 bits per heavy atom. The summed E-state index contributed by atoms with van der Waals surface area (Å²) in [7, 11) is 0. The summed E-state index contributed by atoms with van der Waals surface area (Å²) in [4.78, 5) is 67.5. The molecule has 140 heavy (non-hydrogen) atoms. The lowest BCUT2D eigenvalue weighted by molar-refractivity contribution is -0.284. The third-order valence-electron chi connectivity index (χ3n) is 23.1. The van der Waals surface area contributed by atoms with Gasteiger partial charge in [-0.2, -0.15) is 0 Å². The molecule has 0 bridgehead atoms. The molecule has 5 atom stereocenters. The Hall–Kier alpha value is -17.1. The Morgan fingerprint density at radius 1 is 0.250 bits per heavy atom. The maximum atomic E-state index is 17.7. The topological polar surface area (TPSA) is 245 Å². The van der Waals surface area contributed by atoms with E-state index in [1.165, 1.54) is 36.4 Å². The quantitative estimate of drug-likeness (QED) is 0.0277. The minimum atomic E-state index is -2.36. The number of fused-ring (bicyclic) bond motifs is 4. The lowest BCUT2D eigenvalue weighted by Gasteiger charge is -2.42. The second-order valence-corrected chi connectivity index (χ2v) is 33.1. The van der Waals surface area contributed by atoms with Crippen molar-refractivity contribution in [3.05, 3.63) is 489 Å². The molecule has 702 valence electrons. The van der Waals surface area contributed by atoms with Crippen molar-refractivity contribution in [1.82, 2.24) is 0 Å². The van der Waals surface area contributed by atoms with Gasteiger partial charge in [-0.15, -0.1) is 0 Å². The van der Waals surface area contributed by atoms with Gasteiger partial charge < -0.3 is 85.6 Å². The molecule has 0 radical (unpaired) electrons. The Labute approximate surface area is 810 Å². The van der Waals surface area contributed by atoms with Crippen LogP contribution in [0.3, 0.4) is 0 Å². The fourth-order valence-electron chi connectivity index (χ4n) is 15.9. The van der Waals surface area contributed by atoms with Crippen LogP contribution in [0, 0.1) is 0 Å². The maximum absolute atomic E-state index is 17.7. The van der Waals surface area contributed by atoms with Crippen LogP contribution < -0.4 is 56.8 Å². The highest BCUT2D eigenvalue weighted by Crippen LogP contribution is 2.57. The largest absolute Gasteiger partial charge is 0.485 e. The number of cyclic esters (lactones) is 1. The molecule has 0 unspecified atom stereocenters. The number of rotatable bonds is 40. The standard InChI is InChI=1S/C118H98O22/c119-114(92-61-96(124-67-80-37-13-1-14-38-80)105(130-73-86-49-25-7-26-50-86)97(62-92)125-68-81-39-15-2-16-40-81)139-112-109-102(137-118(123)113(112)140-115(120)93-63-98(126-69-82-41-17-3-18-42-82)106(131-74-87-51-27-8-28-52-87)99(64-93)127-70-83-43-19-4-20-44-83)79-136-116(121)94-65-100(128-71-84-45-21-5-22-46-84)107(132-75-88-53-29-9-30-54-88)110(134-77-90-57-33-11-34-58-90)103(94)104-95(117(122)138-109)66-101(129-72-85-47-23-6-24-48-85)108(133-76-89-55-31-10-32-56-89)111(104)135-78-91-59-35-12-36-60-91/h1-66,102,109,112-113,118,123H,67-79H2/t102-,109-,112+,113-,118-/m1/s1. The van der Waals surface area contributed by atoms with Gasteiger partial charge in [-0.25, -0.2) is 19.2 Å². The molecule has 22 nitrogen and oxygen atoms in total. The average molecular weight is 1870 g/mol. The lowest BCUT2D eigenvalue weighted by Crippen LogP contribution is -2.62. The van der Waals surface area contributed by atoms with E-state index in [1.807, 2.05) is 364 Å². The fraction of sp³-hybridized carbons (Fsp3) is 0.153. The third-order valence-corrected chi connectivity index (χ3v) is 23.1. The van der Waals surface area contributed by atoms with E-state index in [0.717, 1.165) is 44.5 Å². The number of hydrogen-bond acceptors (Lipinski definition) is 22. The molecule has 2 aliphatic rings. The summed E-state index contributed by atoms with van der Waals surface area (Å²) in [6.45, 7) is -1.93. The van der Waals surface area contributed by atoms with E-state index in [1.54, 1.807) is 0 Å². The van der Waals surface area contributed by atoms with Crippen LogP contribution in [0.25, 0.3) is 11.1 Å². The highest BCUT2D eigenvalue weighted by atomic mass is 16.7. The van der Waals surface area contributed by atoms with Gasteiger partial charge in [0.2, 0.25) is 23.0 Å². The number of benzene rings is 16. The summed E-state index contributed by atoms with van der Waals surface area (Å²) in [5, 5.41) is 13.3. The number of aliphatic hydroxyl groups is 1. The second kappa shape index (κ2) is 46.4. The minimum absolute atomic E-state index is 0.0106. The van der Waals surface area contributed by atoms with E-state index < -0.39 is 66.8 Å². The lowest BCUT2D eigenvalue weighted by atomic mass is 9.91. The molecule has 2 aliphatic heterocycles.